The average molecular weight is 283 g/mol. The Morgan fingerprint density at radius 2 is 2.10 bits per heavy atom. The van der Waals surface area contributed by atoms with Crippen LogP contribution in [0, 0.1) is 12.3 Å². The molecular formula is C18H25N3. The minimum absolute atomic E-state index is 0.279. The molecule has 1 aromatic carbocycles. The van der Waals surface area contributed by atoms with Crippen molar-refractivity contribution in [1.29, 1.82) is 0 Å². The Bertz CT molecular complexity index is 679. The fraction of sp³-hybridized carbons (Fsp3) is 0.611. The Balaban J connectivity index is 1.89. The van der Waals surface area contributed by atoms with Crippen molar-refractivity contribution in [2.75, 3.05) is 6.54 Å². The first kappa shape index (κ1) is 13.3. The normalized spacial score (nSPS) is 25.4. The molecule has 2 aromatic rings. The van der Waals surface area contributed by atoms with E-state index in [9.17, 15) is 0 Å². The van der Waals surface area contributed by atoms with Crippen LogP contribution in [0.1, 0.15) is 63.0 Å². The summed E-state index contributed by atoms with van der Waals surface area (Å²) in [6.07, 6.45) is 5.16. The third-order valence-corrected chi connectivity index (χ3v) is 5.17. The molecule has 1 unspecified atom stereocenters. The maximum Gasteiger partial charge on any atom is 0.127 e. The summed E-state index contributed by atoms with van der Waals surface area (Å²) in [5.41, 5.74) is 4.06. The molecule has 1 aliphatic carbocycles. The highest BCUT2D eigenvalue weighted by Gasteiger charge is 2.39. The lowest BCUT2D eigenvalue weighted by atomic mass is 9.77. The third kappa shape index (κ3) is 2.18. The van der Waals surface area contributed by atoms with E-state index in [0.717, 1.165) is 6.54 Å². The SMILES string of the molecule is Cc1ccc2c(c1)nc(C1NCCCC1(C)C)n2C1CC1. The fourth-order valence-corrected chi connectivity index (χ4v) is 3.80. The molecule has 2 fully saturated rings. The molecule has 1 saturated carbocycles. The third-order valence-electron chi connectivity index (χ3n) is 5.17. The lowest BCUT2D eigenvalue weighted by Crippen LogP contribution is -2.41. The molecule has 1 atom stereocenters. The van der Waals surface area contributed by atoms with Crippen LogP contribution < -0.4 is 5.32 Å². The van der Waals surface area contributed by atoms with Gasteiger partial charge in [0.1, 0.15) is 5.82 Å². The van der Waals surface area contributed by atoms with Crippen molar-refractivity contribution in [2.24, 2.45) is 5.41 Å². The maximum absolute atomic E-state index is 5.05. The molecule has 2 aliphatic rings. The number of aromatic nitrogens is 2. The highest BCUT2D eigenvalue weighted by molar-refractivity contribution is 5.77. The predicted molar refractivity (Wildman–Crippen MR) is 86.5 cm³/mol. The van der Waals surface area contributed by atoms with Gasteiger partial charge in [0.2, 0.25) is 0 Å². The lowest BCUT2D eigenvalue weighted by Gasteiger charge is -2.39. The minimum Gasteiger partial charge on any atom is -0.324 e. The van der Waals surface area contributed by atoms with Crippen molar-refractivity contribution in [3.8, 4) is 0 Å². The van der Waals surface area contributed by atoms with Crippen molar-refractivity contribution in [3.63, 3.8) is 0 Å². The Morgan fingerprint density at radius 1 is 1.29 bits per heavy atom. The number of hydrogen-bond donors (Lipinski definition) is 1. The molecule has 1 N–H and O–H groups in total. The minimum atomic E-state index is 0.279. The first-order valence-corrected chi connectivity index (χ1v) is 8.28. The molecular weight excluding hydrogens is 258 g/mol. The smallest absolute Gasteiger partial charge is 0.127 e. The van der Waals surface area contributed by atoms with E-state index in [4.69, 9.17) is 4.98 Å². The number of aryl methyl sites for hydroxylation is 1. The summed E-state index contributed by atoms with van der Waals surface area (Å²) in [7, 11) is 0. The van der Waals surface area contributed by atoms with Gasteiger partial charge >= 0.3 is 0 Å². The van der Waals surface area contributed by atoms with E-state index < -0.39 is 0 Å². The van der Waals surface area contributed by atoms with Crippen LogP contribution in [0.15, 0.2) is 18.2 Å². The zero-order chi connectivity index (χ0) is 14.6. The number of hydrogen-bond acceptors (Lipinski definition) is 2. The van der Waals surface area contributed by atoms with Gasteiger partial charge in [0.25, 0.3) is 0 Å². The number of benzene rings is 1. The number of nitrogens with zero attached hydrogens (tertiary/aromatic N) is 2. The summed E-state index contributed by atoms with van der Waals surface area (Å²) < 4.78 is 2.53. The van der Waals surface area contributed by atoms with Crippen molar-refractivity contribution in [3.05, 3.63) is 29.6 Å². The number of piperidine rings is 1. The van der Waals surface area contributed by atoms with Crippen molar-refractivity contribution >= 4 is 11.0 Å². The molecule has 1 aliphatic heterocycles. The predicted octanol–water partition coefficient (Wildman–Crippen LogP) is 4.13. The zero-order valence-electron chi connectivity index (χ0n) is 13.3. The fourth-order valence-electron chi connectivity index (χ4n) is 3.80. The second kappa shape index (κ2) is 4.57. The van der Waals surface area contributed by atoms with Gasteiger partial charge in [-0.3, -0.25) is 0 Å². The van der Waals surface area contributed by atoms with Gasteiger partial charge in [0, 0.05) is 6.04 Å². The molecule has 112 valence electrons. The molecule has 1 aromatic heterocycles. The van der Waals surface area contributed by atoms with E-state index in [0.29, 0.717) is 12.1 Å². The van der Waals surface area contributed by atoms with E-state index >= 15 is 0 Å². The molecule has 0 spiro atoms. The Morgan fingerprint density at radius 3 is 2.81 bits per heavy atom. The van der Waals surface area contributed by atoms with Crippen LogP contribution in [0.4, 0.5) is 0 Å². The molecule has 21 heavy (non-hydrogen) atoms. The monoisotopic (exact) mass is 283 g/mol. The summed E-state index contributed by atoms with van der Waals surface area (Å²) in [6.45, 7) is 8.02. The number of imidazole rings is 1. The summed E-state index contributed by atoms with van der Waals surface area (Å²) in [6, 6.07) is 7.75. The quantitative estimate of drug-likeness (QED) is 0.898. The first-order valence-electron chi connectivity index (χ1n) is 8.28. The second-order valence-electron chi connectivity index (χ2n) is 7.54. The molecule has 4 rings (SSSR count). The van der Waals surface area contributed by atoms with Gasteiger partial charge in [0.15, 0.2) is 0 Å². The van der Waals surface area contributed by atoms with Crippen molar-refractivity contribution in [2.45, 2.75) is 58.5 Å². The number of rotatable bonds is 2. The summed E-state index contributed by atoms with van der Waals surface area (Å²) >= 11 is 0. The standard InChI is InChI=1S/C18H25N3/c1-12-5-8-15-14(11-12)20-17(21(15)13-6-7-13)16-18(2,3)9-4-10-19-16/h5,8,11,13,16,19H,4,6-7,9-10H2,1-3H3. The van der Waals surface area contributed by atoms with E-state index in [1.165, 1.54) is 48.1 Å². The van der Waals surface area contributed by atoms with E-state index in [2.05, 4.69) is 48.9 Å². The molecule has 3 nitrogen and oxygen atoms in total. The Hall–Kier alpha value is -1.35. The van der Waals surface area contributed by atoms with Crippen LogP contribution in [0.25, 0.3) is 11.0 Å². The van der Waals surface area contributed by atoms with Crippen molar-refractivity contribution < 1.29 is 0 Å². The van der Waals surface area contributed by atoms with Gasteiger partial charge in [-0.15, -0.1) is 0 Å². The van der Waals surface area contributed by atoms with E-state index in [1.54, 1.807) is 0 Å². The maximum atomic E-state index is 5.05. The van der Waals surface area contributed by atoms with Gasteiger partial charge in [-0.25, -0.2) is 4.98 Å². The highest BCUT2D eigenvalue weighted by Crippen LogP contribution is 2.45. The lowest BCUT2D eigenvalue weighted by molar-refractivity contribution is 0.171. The summed E-state index contributed by atoms with van der Waals surface area (Å²) in [5.74, 6) is 1.27. The zero-order valence-corrected chi connectivity index (χ0v) is 13.3. The highest BCUT2D eigenvalue weighted by atomic mass is 15.2. The van der Waals surface area contributed by atoms with E-state index in [1.807, 2.05) is 0 Å². The number of nitrogens with one attached hydrogen (secondary N) is 1. The van der Waals surface area contributed by atoms with Gasteiger partial charge in [0.05, 0.1) is 17.1 Å². The molecule has 0 bridgehead atoms. The molecule has 1 saturated heterocycles. The Labute approximate surface area is 126 Å². The van der Waals surface area contributed by atoms with Gasteiger partial charge in [-0.1, -0.05) is 19.9 Å². The van der Waals surface area contributed by atoms with E-state index in [-0.39, 0.29) is 5.41 Å². The molecule has 3 heteroatoms. The molecule has 0 radical (unpaired) electrons. The van der Waals surface area contributed by atoms with Crippen molar-refractivity contribution in [1.82, 2.24) is 14.9 Å². The van der Waals surface area contributed by atoms with Gasteiger partial charge in [-0.2, -0.15) is 0 Å². The largest absolute Gasteiger partial charge is 0.324 e. The van der Waals surface area contributed by atoms with Crippen LogP contribution in [-0.2, 0) is 0 Å². The van der Waals surface area contributed by atoms with Crippen LogP contribution >= 0.6 is 0 Å². The Kier molecular flexibility index (Phi) is 2.90. The topological polar surface area (TPSA) is 29.9 Å². The first-order chi connectivity index (χ1) is 10.1. The summed E-state index contributed by atoms with van der Waals surface area (Å²) in [4.78, 5) is 5.05. The number of fused-ring (bicyclic) bond motifs is 1. The van der Waals surface area contributed by atoms with Gasteiger partial charge < -0.3 is 9.88 Å². The van der Waals surface area contributed by atoms with Gasteiger partial charge in [-0.05, 0) is 62.3 Å². The molecule has 2 heterocycles. The van der Waals surface area contributed by atoms with Crippen LogP contribution in [0.5, 0.6) is 0 Å². The van der Waals surface area contributed by atoms with Crippen LogP contribution in [-0.4, -0.2) is 16.1 Å². The average Bonchev–Trinajstić information content (AvgIpc) is 3.19. The summed E-state index contributed by atoms with van der Waals surface area (Å²) in [5, 5.41) is 3.74. The molecule has 0 amide bonds. The van der Waals surface area contributed by atoms with Crippen LogP contribution in [0.2, 0.25) is 0 Å². The van der Waals surface area contributed by atoms with Crippen LogP contribution in [0.3, 0.4) is 0 Å². The second-order valence-corrected chi connectivity index (χ2v) is 7.54.